The van der Waals surface area contributed by atoms with Gasteiger partial charge in [-0.1, -0.05) is 13.8 Å². The van der Waals surface area contributed by atoms with Crippen molar-refractivity contribution in [3.63, 3.8) is 0 Å². The highest BCUT2D eigenvalue weighted by atomic mass is 35.5. The van der Waals surface area contributed by atoms with Crippen molar-refractivity contribution in [2.45, 2.75) is 59.0 Å². The summed E-state index contributed by atoms with van der Waals surface area (Å²) in [4.78, 5) is 26.3. The van der Waals surface area contributed by atoms with E-state index in [2.05, 4.69) is 5.32 Å². The fraction of sp³-hybridized carbons (Fsp3) is 0.857. The molecule has 1 saturated heterocycles. The molecule has 0 aromatic rings. The summed E-state index contributed by atoms with van der Waals surface area (Å²) in [6.07, 6.45) is 2.08. The van der Waals surface area contributed by atoms with E-state index in [4.69, 9.17) is 5.73 Å². The Kier molecular flexibility index (Phi) is 7.52. The van der Waals surface area contributed by atoms with Gasteiger partial charge in [0.15, 0.2) is 0 Å². The maximum atomic E-state index is 12.4. The van der Waals surface area contributed by atoms with Crippen molar-refractivity contribution in [3.05, 3.63) is 0 Å². The SMILES string of the molecule is CCC(CC)(CN)C(=O)NC1CCN(C(C)C)C1=O.Cl. The van der Waals surface area contributed by atoms with Gasteiger partial charge in [0.1, 0.15) is 6.04 Å². The molecule has 1 fully saturated rings. The summed E-state index contributed by atoms with van der Waals surface area (Å²) in [5, 5.41) is 2.90. The van der Waals surface area contributed by atoms with Crippen LogP contribution in [0.1, 0.15) is 47.0 Å². The van der Waals surface area contributed by atoms with Gasteiger partial charge >= 0.3 is 0 Å². The summed E-state index contributed by atoms with van der Waals surface area (Å²) in [6.45, 7) is 8.95. The zero-order chi connectivity index (χ0) is 14.6. The van der Waals surface area contributed by atoms with Crippen LogP contribution in [0, 0.1) is 5.41 Å². The first kappa shape index (κ1) is 19.2. The van der Waals surface area contributed by atoms with E-state index in [1.807, 2.05) is 32.6 Å². The molecule has 1 atom stereocenters. The second-order valence-corrected chi connectivity index (χ2v) is 5.63. The molecule has 6 heteroatoms. The van der Waals surface area contributed by atoms with Gasteiger partial charge in [0.25, 0.3) is 0 Å². The number of amides is 2. The molecule has 0 aromatic carbocycles. The van der Waals surface area contributed by atoms with Crippen LogP contribution in [0.2, 0.25) is 0 Å². The van der Waals surface area contributed by atoms with Crippen LogP contribution < -0.4 is 11.1 Å². The topological polar surface area (TPSA) is 75.4 Å². The molecule has 3 N–H and O–H groups in total. The Hall–Kier alpha value is -0.810. The van der Waals surface area contributed by atoms with E-state index in [0.717, 1.165) is 6.54 Å². The number of nitrogens with zero attached hydrogens (tertiary/aromatic N) is 1. The van der Waals surface area contributed by atoms with E-state index in [-0.39, 0.29) is 36.3 Å². The Labute approximate surface area is 128 Å². The number of rotatable bonds is 6. The quantitative estimate of drug-likeness (QED) is 0.776. The first-order valence-corrected chi connectivity index (χ1v) is 7.23. The van der Waals surface area contributed by atoms with Crippen LogP contribution in [0.4, 0.5) is 0 Å². The standard InChI is InChI=1S/C14H27N3O2.ClH/c1-5-14(6-2,9-15)13(19)16-11-7-8-17(10(3)4)12(11)18;/h10-11H,5-9,15H2,1-4H3,(H,16,19);1H. The molecule has 0 aliphatic carbocycles. The van der Waals surface area contributed by atoms with E-state index in [1.54, 1.807) is 0 Å². The first-order valence-electron chi connectivity index (χ1n) is 7.23. The third kappa shape index (κ3) is 3.64. The second kappa shape index (κ2) is 7.84. The normalized spacial score (nSPS) is 19.2. The van der Waals surface area contributed by atoms with Gasteiger partial charge < -0.3 is 16.0 Å². The zero-order valence-corrected chi connectivity index (χ0v) is 13.8. The van der Waals surface area contributed by atoms with E-state index >= 15 is 0 Å². The van der Waals surface area contributed by atoms with Crippen LogP contribution >= 0.6 is 12.4 Å². The monoisotopic (exact) mass is 305 g/mol. The van der Waals surface area contributed by atoms with Crippen LogP contribution in [0.3, 0.4) is 0 Å². The highest BCUT2D eigenvalue weighted by Crippen LogP contribution is 2.26. The fourth-order valence-corrected chi connectivity index (χ4v) is 2.61. The number of hydrogen-bond acceptors (Lipinski definition) is 3. The molecule has 20 heavy (non-hydrogen) atoms. The lowest BCUT2D eigenvalue weighted by Gasteiger charge is -2.30. The predicted molar refractivity (Wildman–Crippen MR) is 82.7 cm³/mol. The molecular weight excluding hydrogens is 278 g/mol. The first-order chi connectivity index (χ1) is 8.91. The zero-order valence-electron chi connectivity index (χ0n) is 12.9. The molecule has 1 unspecified atom stereocenters. The van der Waals surface area contributed by atoms with Gasteiger partial charge in [-0.25, -0.2) is 0 Å². The summed E-state index contributed by atoms with van der Waals surface area (Å²) in [5.41, 5.74) is 5.22. The highest BCUT2D eigenvalue weighted by Gasteiger charge is 2.39. The van der Waals surface area contributed by atoms with Crippen LogP contribution in [-0.4, -0.2) is 41.9 Å². The van der Waals surface area contributed by atoms with Gasteiger partial charge in [-0.15, -0.1) is 12.4 Å². The molecule has 0 spiro atoms. The molecule has 0 aromatic heterocycles. The highest BCUT2D eigenvalue weighted by molar-refractivity contribution is 5.91. The van der Waals surface area contributed by atoms with Crippen molar-refractivity contribution in [3.8, 4) is 0 Å². The lowest BCUT2D eigenvalue weighted by molar-refractivity contribution is -0.137. The smallest absolute Gasteiger partial charge is 0.245 e. The van der Waals surface area contributed by atoms with Gasteiger partial charge in [-0.3, -0.25) is 9.59 Å². The number of likely N-dealkylation sites (tertiary alicyclic amines) is 1. The maximum Gasteiger partial charge on any atom is 0.245 e. The minimum Gasteiger partial charge on any atom is -0.344 e. The van der Waals surface area contributed by atoms with Gasteiger partial charge in [0.05, 0.1) is 5.41 Å². The number of nitrogens with one attached hydrogen (secondary N) is 1. The van der Waals surface area contributed by atoms with Crippen LogP contribution in [-0.2, 0) is 9.59 Å². The van der Waals surface area contributed by atoms with Gasteiger partial charge in [0, 0.05) is 19.1 Å². The van der Waals surface area contributed by atoms with Gasteiger partial charge in [0.2, 0.25) is 11.8 Å². The molecule has 2 amide bonds. The van der Waals surface area contributed by atoms with E-state index in [9.17, 15) is 9.59 Å². The van der Waals surface area contributed by atoms with Crippen LogP contribution in [0.5, 0.6) is 0 Å². The Bertz CT molecular complexity index is 335. The summed E-state index contributed by atoms with van der Waals surface area (Å²) in [7, 11) is 0. The fourth-order valence-electron chi connectivity index (χ4n) is 2.61. The van der Waals surface area contributed by atoms with Crippen LogP contribution in [0.15, 0.2) is 0 Å². The lowest BCUT2D eigenvalue weighted by Crippen LogP contribution is -2.51. The van der Waals surface area contributed by atoms with Crippen molar-refractivity contribution >= 4 is 24.2 Å². The summed E-state index contributed by atoms with van der Waals surface area (Å²) in [6, 6.07) is -0.190. The van der Waals surface area contributed by atoms with Gasteiger partial charge in [-0.2, -0.15) is 0 Å². The average molecular weight is 306 g/mol. The minimum atomic E-state index is -0.536. The minimum absolute atomic E-state index is 0. The summed E-state index contributed by atoms with van der Waals surface area (Å²) >= 11 is 0. The molecular formula is C14H28ClN3O2. The van der Waals surface area contributed by atoms with Crippen molar-refractivity contribution in [2.24, 2.45) is 11.1 Å². The second-order valence-electron chi connectivity index (χ2n) is 5.63. The van der Waals surface area contributed by atoms with E-state index in [1.165, 1.54) is 0 Å². The molecule has 5 nitrogen and oxygen atoms in total. The largest absolute Gasteiger partial charge is 0.344 e. The average Bonchev–Trinajstić information content (AvgIpc) is 2.74. The Morgan fingerprint density at radius 3 is 2.35 bits per heavy atom. The van der Waals surface area contributed by atoms with Crippen molar-refractivity contribution < 1.29 is 9.59 Å². The Morgan fingerprint density at radius 2 is 2.00 bits per heavy atom. The van der Waals surface area contributed by atoms with Gasteiger partial charge in [-0.05, 0) is 33.1 Å². The number of hydrogen-bond donors (Lipinski definition) is 2. The molecule has 1 heterocycles. The number of halogens is 1. The Balaban J connectivity index is 0.00000361. The third-order valence-corrected chi connectivity index (χ3v) is 4.39. The Morgan fingerprint density at radius 1 is 1.45 bits per heavy atom. The van der Waals surface area contributed by atoms with E-state index in [0.29, 0.717) is 25.8 Å². The predicted octanol–water partition coefficient (Wildman–Crippen LogP) is 1.30. The van der Waals surface area contributed by atoms with Crippen molar-refractivity contribution in [1.82, 2.24) is 10.2 Å². The summed E-state index contributed by atoms with van der Waals surface area (Å²) in [5.74, 6) is -0.0505. The maximum absolute atomic E-state index is 12.4. The molecule has 0 saturated carbocycles. The van der Waals surface area contributed by atoms with Crippen molar-refractivity contribution in [2.75, 3.05) is 13.1 Å². The summed E-state index contributed by atoms with van der Waals surface area (Å²) < 4.78 is 0. The number of nitrogens with two attached hydrogens (primary N) is 1. The molecule has 118 valence electrons. The molecule has 1 aliphatic heterocycles. The lowest BCUT2D eigenvalue weighted by atomic mass is 9.81. The number of carbonyl (C=O) groups is 2. The molecule has 1 rings (SSSR count). The molecule has 0 radical (unpaired) electrons. The molecule has 1 aliphatic rings. The van der Waals surface area contributed by atoms with Crippen molar-refractivity contribution in [1.29, 1.82) is 0 Å². The van der Waals surface area contributed by atoms with Crippen LogP contribution in [0.25, 0.3) is 0 Å². The van der Waals surface area contributed by atoms with E-state index < -0.39 is 5.41 Å². The molecule has 0 bridgehead atoms. The third-order valence-electron chi connectivity index (χ3n) is 4.39. The number of carbonyl (C=O) groups excluding carboxylic acids is 2.